The maximum absolute atomic E-state index is 12.3. The summed E-state index contributed by atoms with van der Waals surface area (Å²) >= 11 is 0. The van der Waals surface area contributed by atoms with Gasteiger partial charge in [0.05, 0.1) is 41.8 Å². The highest BCUT2D eigenvalue weighted by atomic mass is 16.6. The van der Waals surface area contributed by atoms with E-state index in [2.05, 4.69) is 20.4 Å². The SMILES string of the molecule is Cc1nc(-c2cnn(C)c2NC(=O)OC(C)(C)C)ncc1O[C@H]1CCC[C@H](C(=O)OC(C)C)C1. The zero-order valence-corrected chi connectivity index (χ0v) is 21.0. The molecule has 1 amide bonds. The number of hydrogen-bond donors (Lipinski definition) is 1. The quantitative estimate of drug-likeness (QED) is 0.613. The summed E-state index contributed by atoms with van der Waals surface area (Å²) in [5.74, 6) is 1.09. The number of anilines is 1. The van der Waals surface area contributed by atoms with E-state index in [0.717, 1.165) is 19.3 Å². The molecule has 0 unspecified atom stereocenters. The number of nitrogens with zero attached hydrogens (tertiary/aromatic N) is 4. The molecule has 1 N–H and O–H groups in total. The largest absolute Gasteiger partial charge is 0.487 e. The number of nitrogens with one attached hydrogen (secondary N) is 1. The lowest BCUT2D eigenvalue weighted by Gasteiger charge is -2.29. The van der Waals surface area contributed by atoms with Crippen molar-refractivity contribution in [3.05, 3.63) is 18.1 Å². The minimum Gasteiger partial charge on any atom is -0.487 e. The van der Waals surface area contributed by atoms with Crippen LogP contribution in [0, 0.1) is 12.8 Å². The topological polar surface area (TPSA) is 117 Å². The Hall–Kier alpha value is -3.17. The van der Waals surface area contributed by atoms with Gasteiger partial charge in [-0.3, -0.25) is 14.8 Å². The third-order valence-corrected chi connectivity index (χ3v) is 5.34. The molecule has 1 aliphatic rings. The predicted molar refractivity (Wildman–Crippen MR) is 126 cm³/mol. The van der Waals surface area contributed by atoms with E-state index >= 15 is 0 Å². The van der Waals surface area contributed by atoms with Gasteiger partial charge in [-0.15, -0.1) is 0 Å². The molecule has 2 aromatic rings. The molecule has 1 aliphatic carbocycles. The smallest absolute Gasteiger partial charge is 0.413 e. The van der Waals surface area contributed by atoms with Crippen molar-refractivity contribution in [3.8, 4) is 17.1 Å². The molecule has 2 aromatic heterocycles. The fourth-order valence-electron chi connectivity index (χ4n) is 3.83. The number of rotatable bonds is 6. The summed E-state index contributed by atoms with van der Waals surface area (Å²) < 4.78 is 18.4. The average Bonchev–Trinajstić information content (AvgIpc) is 3.08. The molecule has 0 aromatic carbocycles. The van der Waals surface area contributed by atoms with E-state index in [9.17, 15) is 9.59 Å². The molecule has 0 aliphatic heterocycles. The summed E-state index contributed by atoms with van der Waals surface area (Å²) in [4.78, 5) is 33.6. The maximum Gasteiger partial charge on any atom is 0.413 e. The minimum atomic E-state index is -0.626. The molecule has 2 atom stereocenters. The van der Waals surface area contributed by atoms with E-state index in [0.29, 0.717) is 35.1 Å². The summed E-state index contributed by atoms with van der Waals surface area (Å²) in [6.45, 7) is 10.9. The number of carbonyl (C=O) groups excluding carboxylic acids is 2. The van der Waals surface area contributed by atoms with Gasteiger partial charge in [-0.2, -0.15) is 5.10 Å². The van der Waals surface area contributed by atoms with Gasteiger partial charge < -0.3 is 14.2 Å². The molecule has 1 saturated carbocycles. The number of ether oxygens (including phenoxy) is 3. The molecule has 0 spiro atoms. The van der Waals surface area contributed by atoms with E-state index in [4.69, 9.17) is 14.2 Å². The first-order chi connectivity index (χ1) is 15.9. The van der Waals surface area contributed by atoms with Crippen LogP contribution in [0.4, 0.5) is 10.6 Å². The Morgan fingerprint density at radius 3 is 2.59 bits per heavy atom. The summed E-state index contributed by atoms with van der Waals surface area (Å²) in [5, 5.41) is 6.95. The van der Waals surface area contributed by atoms with Gasteiger partial charge in [0.2, 0.25) is 0 Å². The van der Waals surface area contributed by atoms with Crippen molar-refractivity contribution in [3.63, 3.8) is 0 Å². The van der Waals surface area contributed by atoms with Gasteiger partial charge in [-0.1, -0.05) is 0 Å². The van der Waals surface area contributed by atoms with Crippen LogP contribution in [0.25, 0.3) is 11.4 Å². The zero-order valence-electron chi connectivity index (χ0n) is 21.0. The third kappa shape index (κ3) is 6.68. The van der Waals surface area contributed by atoms with Crippen LogP contribution in [0.1, 0.15) is 66.0 Å². The van der Waals surface area contributed by atoms with E-state index < -0.39 is 11.7 Å². The fourth-order valence-corrected chi connectivity index (χ4v) is 3.83. The Morgan fingerprint density at radius 2 is 1.94 bits per heavy atom. The molecule has 3 rings (SSSR count). The van der Waals surface area contributed by atoms with Crippen molar-refractivity contribution in [1.82, 2.24) is 19.7 Å². The normalized spacial score (nSPS) is 18.5. The highest BCUT2D eigenvalue weighted by Crippen LogP contribution is 2.31. The second-order valence-electron chi connectivity index (χ2n) is 9.89. The molecule has 186 valence electrons. The molecular formula is C24H35N5O5. The fraction of sp³-hybridized carbons (Fsp3) is 0.625. The second-order valence-corrected chi connectivity index (χ2v) is 9.89. The van der Waals surface area contributed by atoms with E-state index in [-0.39, 0.29) is 24.1 Å². The molecule has 10 heteroatoms. The minimum absolute atomic E-state index is 0.102. The lowest BCUT2D eigenvalue weighted by Crippen LogP contribution is -2.32. The first-order valence-electron chi connectivity index (χ1n) is 11.7. The van der Waals surface area contributed by atoms with Crippen LogP contribution < -0.4 is 10.1 Å². The molecule has 1 fully saturated rings. The van der Waals surface area contributed by atoms with Crippen LogP contribution in [0.2, 0.25) is 0 Å². The Kier molecular flexibility index (Phi) is 7.78. The maximum atomic E-state index is 12.3. The average molecular weight is 474 g/mol. The van der Waals surface area contributed by atoms with Gasteiger partial charge in [0, 0.05) is 7.05 Å². The van der Waals surface area contributed by atoms with Gasteiger partial charge in [-0.25, -0.2) is 14.8 Å². The lowest BCUT2D eigenvalue weighted by atomic mass is 9.87. The molecule has 0 radical (unpaired) electrons. The van der Waals surface area contributed by atoms with Crippen molar-refractivity contribution in [1.29, 1.82) is 0 Å². The monoisotopic (exact) mass is 473 g/mol. The Labute approximate surface area is 200 Å². The summed E-state index contributed by atoms with van der Waals surface area (Å²) in [5.41, 5.74) is 0.597. The number of carbonyl (C=O) groups is 2. The van der Waals surface area contributed by atoms with Crippen molar-refractivity contribution in [2.24, 2.45) is 13.0 Å². The van der Waals surface area contributed by atoms with E-state index in [1.165, 1.54) is 4.68 Å². The zero-order chi connectivity index (χ0) is 25.0. The van der Waals surface area contributed by atoms with Crippen molar-refractivity contribution < 1.29 is 23.8 Å². The molecule has 0 bridgehead atoms. The van der Waals surface area contributed by atoms with Gasteiger partial charge in [0.1, 0.15) is 11.4 Å². The van der Waals surface area contributed by atoms with Gasteiger partial charge >= 0.3 is 12.1 Å². The number of amides is 1. The van der Waals surface area contributed by atoms with Crippen molar-refractivity contribution in [2.75, 3.05) is 5.32 Å². The van der Waals surface area contributed by atoms with Crippen LogP contribution in [0.15, 0.2) is 12.4 Å². The summed E-state index contributed by atoms with van der Waals surface area (Å²) in [7, 11) is 1.71. The molecule has 2 heterocycles. The van der Waals surface area contributed by atoms with Gasteiger partial charge in [0.25, 0.3) is 0 Å². The summed E-state index contributed by atoms with van der Waals surface area (Å²) in [6, 6.07) is 0. The van der Waals surface area contributed by atoms with Crippen LogP contribution in [0.5, 0.6) is 5.75 Å². The van der Waals surface area contributed by atoms with Crippen LogP contribution in [0.3, 0.4) is 0 Å². The second kappa shape index (κ2) is 10.4. The molecule has 0 saturated heterocycles. The van der Waals surface area contributed by atoms with E-state index in [1.807, 2.05) is 20.8 Å². The standard InChI is InChI=1S/C24H35N5O5/c1-14(2)32-22(30)16-9-8-10-17(11-16)33-19-13-25-20(27-15(19)3)18-12-26-29(7)21(18)28-23(31)34-24(4,5)6/h12-14,16-17H,8-11H2,1-7H3,(H,28,31)/t16-,17-/m0/s1. The predicted octanol–water partition coefficient (Wildman–Crippen LogP) is 4.42. The third-order valence-electron chi connectivity index (χ3n) is 5.34. The Morgan fingerprint density at radius 1 is 1.21 bits per heavy atom. The van der Waals surface area contributed by atoms with Gasteiger partial charge in [-0.05, 0) is 67.2 Å². The highest BCUT2D eigenvalue weighted by Gasteiger charge is 2.30. The first kappa shape index (κ1) is 25.5. The van der Waals surface area contributed by atoms with Gasteiger partial charge in [0.15, 0.2) is 11.6 Å². The van der Waals surface area contributed by atoms with E-state index in [1.54, 1.807) is 40.2 Å². The van der Waals surface area contributed by atoms with Crippen LogP contribution in [-0.2, 0) is 21.3 Å². The van der Waals surface area contributed by atoms with Crippen LogP contribution >= 0.6 is 0 Å². The van der Waals surface area contributed by atoms with Crippen LogP contribution in [-0.4, -0.2) is 49.6 Å². The number of aryl methyl sites for hydroxylation is 2. The molecule has 10 nitrogen and oxygen atoms in total. The van der Waals surface area contributed by atoms with Crippen molar-refractivity contribution >= 4 is 17.9 Å². The summed E-state index contributed by atoms with van der Waals surface area (Å²) in [6.07, 6.45) is 5.58. The molecule has 34 heavy (non-hydrogen) atoms. The Balaban J connectivity index is 1.71. The first-order valence-corrected chi connectivity index (χ1v) is 11.7. The Bertz CT molecular complexity index is 1030. The highest BCUT2D eigenvalue weighted by molar-refractivity contribution is 5.88. The molecular weight excluding hydrogens is 438 g/mol. The number of aromatic nitrogens is 4. The lowest BCUT2D eigenvalue weighted by molar-refractivity contribution is -0.154. The number of esters is 1. The number of hydrogen-bond acceptors (Lipinski definition) is 8. The van der Waals surface area contributed by atoms with Crippen molar-refractivity contribution in [2.45, 2.75) is 85.0 Å².